The molecule has 0 unspecified atom stereocenters. The second-order valence-corrected chi connectivity index (χ2v) is 8.94. The van der Waals surface area contributed by atoms with Gasteiger partial charge in [0.1, 0.15) is 0 Å². The smallest absolute Gasteiger partial charge is 0.318 e. The van der Waals surface area contributed by atoms with Crippen LogP contribution in [0.3, 0.4) is 0 Å². The zero-order chi connectivity index (χ0) is 23.8. The number of carbonyl (C=O) groups excluding carboxylic acids is 1. The van der Waals surface area contributed by atoms with Gasteiger partial charge >= 0.3 is 6.03 Å². The third-order valence-corrected chi connectivity index (χ3v) is 6.50. The Bertz CT molecular complexity index is 1060. The maximum absolute atomic E-state index is 13.4. The molecule has 0 bridgehead atoms. The number of morpholine rings is 1. The fourth-order valence-corrected chi connectivity index (χ4v) is 4.52. The van der Waals surface area contributed by atoms with E-state index in [0.29, 0.717) is 13.1 Å². The SMILES string of the molecule is C[C@H](NC(=O)N(CCCN1CCOCC1)Cc1ccc(CO)cc1)c1cccc2ccccc12. The fourth-order valence-electron chi connectivity index (χ4n) is 4.52. The highest BCUT2D eigenvalue weighted by molar-refractivity contribution is 5.86. The molecule has 2 N–H and O–H groups in total. The van der Waals surface area contributed by atoms with Crippen LogP contribution in [0.2, 0.25) is 0 Å². The second-order valence-electron chi connectivity index (χ2n) is 8.94. The van der Waals surface area contributed by atoms with Gasteiger partial charge in [0.2, 0.25) is 0 Å². The van der Waals surface area contributed by atoms with Crippen molar-refractivity contribution in [2.75, 3.05) is 39.4 Å². The number of benzene rings is 3. The van der Waals surface area contributed by atoms with Crippen LogP contribution in [0, 0.1) is 0 Å². The molecule has 1 aliphatic heterocycles. The Balaban J connectivity index is 1.44. The molecule has 0 saturated carbocycles. The van der Waals surface area contributed by atoms with Gasteiger partial charge in [-0.05, 0) is 40.8 Å². The summed E-state index contributed by atoms with van der Waals surface area (Å²) in [6.45, 7) is 7.69. The molecule has 1 aliphatic rings. The number of urea groups is 1. The summed E-state index contributed by atoms with van der Waals surface area (Å²) in [4.78, 5) is 17.7. The highest BCUT2D eigenvalue weighted by atomic mass is 16.5. The van der Waals surface area contributed by atoms with Gasteiger partial charge in [-0.15, -0.1) is 0 Å². The first-order chi connectivity index (χ1) is 16.6. The Morgan fingerprint density at radius 2 is 1.74 bits per heavy atom. The van der Waals surface area contributed by atoms with E-state index < -0.39 is 0 Å². The molecule has 3 aromatic rings. The monoisotopic (exact) mass is 461 g/mol. The van der Waals surface area contributed by atoms with E-state index in [4.69, 9.17) is 4.74 Å². The Morgan fingerprint density at radius 3 is 2.50 bits per heavy atom. The van der Waals surface area contributed by atoms with Gasteiger partial charge in [-0.2, -0.15) is 0 Å². The van der Waals surface area contributed by atoms with Crippen molar-refractivity contribution < 1.29 is 14.6 Å². The van der Waals surface area contributed by atoms with Gasteiger partial charge in [-0.1, -0.05) is 66.7 Å². The summed E-state index contributed by atoms with van der Waals surface area (Å²) < 4.78 is 5.45. The molecular formula is C28H35N3O3. The summed E-state index contributed by atoms with van der Waals surface area (Å²) in [5.74, 6) is 0. The normalized spacial score (nSPS) is 15.2. The third kappa shape index (κ3) is 6.35. The number of nitrogens with one attached hydrogen (secondary N) is 1. The van der Waals surface area contributed by atoms with E-state index in [1.54, 1.807) is 0 Å². The lowest BCUT2D eigenvalue weighted by molar-refractivity contribution is 0.0364. The molecule has 0 aromatic heterocycles. The zero-order valence-electron chi connectivity index (χ0n) is 20.0. The third-order valence-electron chi connectivity index (χ3n) is 6.50. The maximum atomic E-state index is 13.4. The van der Waals surface area contributed by atoms with Crippen molar-refractivity contribution in [3.8, 4) is 0 Å². The predicted molar refractivity (Wildman–Crippen MR) is 136 cm³/mol. The van der Waals surface area contributed by atoms with Crippen molar-refractivity contribution >= 4 is 16.8 Å². The molecule has 1 atom stereocenters. The number of fused-ring (bicyclic) bond motifs is 1. The number of aliphatic hydroxyl groups excluding tert-OH is 1. The van der Waals surface area contributed by atoms with E-state index >= 15 is 0 Å². The van der Waals surface area contributed by atoms with Crippen LogP contribution in [-0.4, -0.2) is 60.3 Å². The number of carbonyl (C=O) groups is 1. The molecule has 34 heavy (non-hydrogen) atoms. The minimum absolute atomic E-state index is 0.0204. The predicted octanol–water partition coefficient (Wildman–Crippen LogP) is 4.33. The van der Waals surface area contributed by atoms with Crippen molar-refractivity contribution in [2.24, 2.45) is 0 Å². The topological polar surface area (TPSA) is 65.0 Å². The lowest BCUT2D eigenvalue weighted by Crippen LogP contribution is -2.43. The molecule has 3 aromatic carbocycles. The highest BCUT2D eigenvalue weighted by Gasteiger charge is 2.19. The van der Waals surface area contributed by atoms with Crippen LogP contribution in [0.4, 0.5) is 4.79 Å². The molecule has 0 radical (unpaired) electrons. The standard InChI is InChI=1S/C28H35N3O3/c1-22(26-9-4-7-25-6-2-3-8-27(25)26)29-28(33)31(15-5-14-30-16-18-34-19-17-30)20-23-10-12-24(21-32)13-11-23/h2-4,6-13,22,32H,5,14-21H2,1H3,(H,29,33)/t22-/m0/s1. The van der Waals surface area contributed by atoms with Crippen LogP contribution in [0.25, 0.3) is 10.8 Å². The average Bonchev–Trinajstić information content (AvgIpc) is 2.88. The molecule has 180 valence electrons. The summed E-state index contributed by atoms with van der Waals surface area (Å²) in [5.41, 5.74) is 3.04. The number of aliphatic hydroxyl groups is 1. The van der Waals surface area contributed by atoms with Crippen LogP contribution >= 0.6 is 0 Å². The first-order valence-corrected chi connectivity index (χ1v) is 12.2. The van der Waals surface area contributed by atoms with E-state index in [0.717, 1.165) is 61.3 Å². The summed E-state index contributed by atoms with van der Waals surface area (Å²) in [6, 6.07) is 22.1. The minimum atomic E-state index is -0.114. The molecule has 1 fully saturated rings. The van der Waals surface area contributed by atoms with Gasteiger partial charge in [0, 0.05) is 32.7 Å². The fraction of sp³-hybridized carbons (Fsp3) is 0.393. The lowest BCUT2D eigenvalue weighted by Gasteiger charge is -2.29. The van der Waals surface area contributed by atoms with Crippen LogP contribution in [0.1, 0.15) is 36.1 Å². The Morgan fingerprint density at radius 1 is 1.03 bits per heavy atom. The first-order valence-electron chi connectivity index (χ1n) is 12.2. The molecule has 4 rings (SSSR count). The van der Waals surface area contributed by atoms with E-state index in [-0.39, 0.29) is 18.7 Å². The molecule has 0 spiro atoms. The zero-order valence-corrected chi connectivity index (χ0v) is 20.0. The molecule has 6 heteroatoms. The van der Waals surface area contributed by atoms with Crippen LogP contribution in [-0.2, 0) is 17.9 Å². The number of nitrogens with zero attached hydrogens (tertiary/aromatic N) is 2. The van der Waals surface area contributed by atoms with Gasteiger partial charge in [0.05, 0.1) is 25.9 Å². The van der Waals surface area contributed by atoms with E-state index in [1.165, 1.54) is 5.39 Å². The quantitative estimate of drug-likeness (QED) is 0.498. The van der Waals surface area contributed by atoms with Crippen molar-refractivity contribution in [1.82, 2.24) is 15.1 Å². The maximum Gasteiger partial charge on any atom is 0.318 e. The van der Waals surface area contributed by atoms with Gasteiger partial charge < -0.3 is 20.1 Å². The van der Waals surface area contributed by atoms with Crippen LogP contribution < -0.4 is 5.32 Å². The summed E-state index contributed by atoms with van der Waals surface area (Å²) in [5, 5.41) is 14.9. The van der Waals surface area contributed by atoms with E-state index in [9.17, 15) is 9.90 Å². The number of amides is 2. The number of ether oxygens (including phenoxy) is 1. The minimum Gasteiger partial charge on any atom is -0.392 e. The van der Waals surface area contributed by atoms with Gasteiger partial charge in [-0.25, -0.2) is 4.79 Å². The largest absolute Gasteiger partial charge is 0.392 e. The Hall–Kier alpha value is -2.93. The average molecular weight is 462 g/mol. The summed E-state index contributed by atoms with van der Waals surface area (Å²) >= 11 is 0. The molecular weight excluding hydrogens is 426 g/mol. The molecule has 1 heterocycles. The molecule has 6 nitrogen and oxygen atoms in total. The van der Waals surface area contributed by atoms with Crippen molar-refractivity contribution in [3.63, 3.8) is 0 Å². The Kier molecular flexibility index (Phi) is 8.52. The molecule has 2 amide bonds. The van der Waals surface area contributed by atoms with Crippen molar-refractivity contribution in [1.29, 1.82) is 0 Å². The van der Waals surface area contributed by atoms with Crippen LogP contribution in [0.15, 0.2) is 66.7 Å². The molecule has 1 saturated heterocycles. The second kappa shape index (κ2) is 12.0. The van der Waals surface area contributed by atoms with Crippen molar-refractivity contribution in [3.05, 3.63) is 83.4 Å². The number of hydrogen-bond donors (Lipinski definition) is 2. The lowest BCUT2D eigenvalue weighted by atomic mass is 10.00. The summed E-state index contributed by atoms with van der Waals surface area (Å²) in [7, 11) is 0. The van der Waals surface area contributed by atoms with Gasteiger partial charge in [0.25, 0.3) is 0 Å². The van der Waals surface area contributed by atoms with Gasteiger partial charge in [-0.3, -0.25) is 4.90 Å². The summed E-state index contributed by atoms with van der Waals surface area (Å²) in [6.07, 6.45) is 0.908. The molecule has 0 aliphatic carbocycles. The number of hydrogen-bond acceptors (Lipinski definition) is 4. The van der Waals surface area contributed by atoms with Crippen LogP contribution in [0.5, 0.6) is 0 Å². The number of rotatable bonds is 9. The van der Waals surface area contributed by atoms with E-state index in [1.807, 2.05) is 54.3 Å². The van der Waals surface area contributed by atoms with E-state index in [2.05, 4.69) is 34.5 Å². The van der Waals surface area contributed by atoms with Gasteiger partial charge in [0.15, 0.2) is 0 Å². The Labute approximate surface area is 202 Å². The highest BCUT2D eigenvalue weighted by Crippen LogP contribution is 2.24. The van der Waals surface area contributed by atoms with Crippen molar-refractivity contribution in [2.45, 2.75) is 32.5 Å². The first kappa shape index (κ1) is 24.2.